The third-order valence-corrected chi connectivity index (χ3v) is 7.82. The number of nitrogens with zero attached hydrogens (tertiary/aromatic N) is 1. The Bertz CT molecular complexity index is 930. The third kappa shape index (κ3) is 8.76. The van der Waals surface area contributed by atoms with E-state index in [0.717, 1.165) is 59.1 Å². The van der Waals surface area contributed by atoms with Crippen molar-refractivity contribution in [2.45, 2.75) is 81.8 Å². The first-order valence-electron chi connectivity index (χ1n) is 12.6. The van der Waals surface area contributed by atoms with Gasteiger partial charge in [-0.1, -0.05) is 49.9 Å². The smallest absolute Gasteiger partial charge is 0.243 e. The maximum absolute atomic E-state index is 13.4. The van der Waals surface area contributed by atoms with Crippen molar-refractivity contribution in [2.75, 3.05) is 12.9 Å². The standard InChI is InChI=1S/C28H37ClN2O3S/c1-3-26(28(33)30-23-8-5-4-6-9-23)31(20-21-11-15-24(34-2)16-12-21)27(32)10-7-19-35-25-17-13-22(29)14-18-25/h11-18,23,26H,3-10,19-20H2,1-2H3,(H,30,33)/t26-/m1/s1. The van der Waals surface area contributed by atoms with Crippen LogP contribution in [-0.2, 0) is 16.1 Å². The fourth-order valence-corrected chi connectivity index (χ4v) is 5.46. The highest BCUT2D eigenvalue weighted by molar-refractivity contribution is 7.99. The first-order chi connectivity index (χ1) is 17.0. The Kier molecular flexibility index (Phi) is 11.3. The van der Waals surface area contributed by atoms with E-state index >= 15 is 0 Å². The Hall–Kier alpha value is -2.18. The normalized spacial score (nSPS) is 14.8. The molecule has 0 aliphatic heterocycles. The molecule has 0 radical (unpaired) electrons. The van der Waals surface area contributed by atoms with Gasteiger partial charge in [0.2, 0.25) is 11.8 Å². The van der Waals surface area contributed by atoms with Crippen LogP contribution in [-0.4, -0.2) is 41.7 Å². The first-order valence-corrected chi connectivity index (χ1v) is 14.0. The molecule has 2 amide bonds. The number of benzene rings is 2. The molecule has 0 aromatic heterocycles. The van der Waals surface area contributed by atoms with E-state index in [0.29, 0.717) is 19.4 Å². The molecule has 0 saturated heterocycles. The molecule has 7 heteroatoms. The van der Waals surface area contributed by atoms with Crippen molar-refractivity contribution >= 4 is 35.2 Å². The molecule has 0 heterocycles. The zero-order chi connectivity index (χ0) is 25.0. The molecular formula is C28H37ClN2O3S. The van der Waals surface area contributed by atoms with E-state index in [2.05, 4.69) is 5.32 Å². The van der Waals surface area contributed by atoms with E-state index < -0.39 is 6.04 Å². The predicted octanol–water partition coefficient (Wildman–Crippen LogP) is 6.48. The van der Waals surface area contributed by atoms with Crippen molar-refractivity contribution < 1.29 is 14.3 Å². The van der Waals surface area contributed by atoms with Crippen LogP contribution in [0.4, 0.5) is 0 Å². The number of hydrogen-bond acceptors (Lipinski definition) is 4. The molecule has 5 nitrogen and oxygen atoms in total. The fraction of sp³-hybridized carbons (Fsp3) is 0.500. The van der Waals surface area contributed by atoms with Crippen LogP contribution in [0.3, 0.4) is 0 Å². The lowest BCUT2D eigenvalue weighted by Crippen LogP contribution is -2.51. The summed E-state index contributed by atoms with van der Waals surface area (Å²) in [7, 11) is 1.63. The number of amides is 2. The van der Waals surface area contributed by atoms with Gasteiger partial charge in [-0.05, 0) is 73.4 Å². The Balaban J connectivity index is 1.65. The maximum atomic E-state index is 13.4. The Morgan fingerprint density at radius 3 is 2.40 bits per heavy atom. The fourth-order valence-electron chi connectivity index (χ4n) is 4.48. The second-order valence-corrected chi connectivity index (χ2v) is 10.6. The molecule has 1 atom stereocenters. The molecule has 0 spiro atoms. The number of carbonyl (C=O) groups excluding carboxylic acids is 2. The average molecular weight is 517 g/mol. The minimum absolute atomic E-state index is 0.0168. The first kappa shape index (κ1) is 27.4. The van der Waals surface area contributed by atoms with Crippen molar-refractivity contribution in [1.29, 1.82) is 0 Å². The second kappa shape index (κ2) is 14.4. The Morgan fingerprint density at radius 2 is 1.77 bits per heavy atom. The highest BCUT2D eigenvalue weighted by Crippen LogP contribution is 2.23. The van der Waals surface area contributed by atoms with E-state index in [-0.39, 0.29) is 17.9 Å². The van der Waals surface area contributed by atoms with E-state index in [1.165, 1.54) is 6.42 Å². The Labute approximate surface area is 218 Å². The summed E-state index contributed by atoms with van der Waals surface area (Å²) in [4.78, 5) is 29.6. The molecule has 0 bridgehead atoms. The molecule has 1 saturated carbocycles. The van der Waals surface area contributed by atoms with Gasteiger partial charge in [0, 0.05) is 28.9 Å². The molecule has 3 rings (SSSR count). The quantitative estimate of drug-likeness (QED) is 0.259. The van der Waals surface area contributed by atoms with Crippen LogP contribution in [0.25, 0.3) is 0 Å². The minimum atomic E-state index is -0.476. The minimum Gasteiger partial charge on any atom is -0.497 e. The number of methoxy groups -OCH3 is 1. The number of hydrogen-bond donors (Lipinski definition) is 1. The van der Waals surface area contributed by atoms with E-state index in [4.69, 9.17) is 16.3 Å². The van der Waals surface area contributed by atoms with Gasteiger partial charge in [-0.2, -0.15) is 0 Å². The topological polar surface area (TPSA) is 58.6 Å². The number of thioether (sulfide) groups is 1. The second-order valence-electron chi connectivity index (χ2n) is 9.04. The van der Waals surface area contributed by atoms with Crippen LogP contribution in [0.15, 0.2) is 53.4 Å². The predicted molar refractivity (Wildman–Crippen MR) is 144 cm³/mol. The van der Waals surface area contributed by atoms with Gasteiger partial charge < -0.3 is 15.0 Å². The zero-order valence-electron chi connectivity index (χ0n) is 20.8. The SMILES string of the molecule is CC[C@H](C(=O)NC1CCCCC1)N(Cc1ccc(OC)cc1)C(=O)CCCSc1ccc(Cl)cc1. The van der Waals surface area contributed by atoms with Gasteiger partial charge in [-0.15, -0.1) is 11.8 Å². The van der Waals surface area contributed by atoms with Gasteiger partial charge in [0.15, 0.2) is 0 Å². The molecule has 2 aromatic carbocycles. The lowest BCUT2D eigenvalue weighted by molar-refractivity contribution is -0.141. The van der Waals surface area contributed by atoms with Gasteiger partial charge >= 0.3 is 0 Å². The Morgan fingerprint density at radius 1 is 1.09 bits per heavy atom. The highest BCUT2D eigenvalue weighted by Gasteiger charge is 2.30. The summed E-state index contributed by atoms with van der Waals surface area (Å²) in [6.07, 6.45) is 7.33. The van der Waals surface area contributed by atoms with Gasteiger partial charge in [0.1, 0.15) is 11.8 Å². The summed E-state index contributed by atoms with van der Waals surface area (Å²) in [5, 5.41) is 3.95. The van der Waals surface area contributed by atoms with Crippen molar-refractivity contribution in [3.63, 3.8) is 0 Å². The average Bonchev–Trinajstić information content (AvgIpc) is 2.88. The summed E-state index contributed by atoms with van der Waals surface area (Å²) in [6.45, 7) is 2.39. The molecule has 0 unspecified atom stereocenters. The largest absolute Gasteiger partial charge is 0.497 e. The number of halogens is 1. The summed E-state index contributed by atoms with van der Waals surface area (Å²) in [5.74, 6) is 1.59. The molecule has 1 fully saturated rings. The molecule has 35 heavy (non-hydrogen) atoms. The number of rotatable bonds is 12. The molecular weight excluding hydrogens is 480 g/mol. The monoisotopic (exact) mass is 516 g/mol. The van der Waals surface area contributed by atoms with Crippen LogP contribution in [0.1, 0.15) is 63.9 Å². The molecule has 1 aliphatic carbocycles. The molecule has 2 aromatic rings. The highest BCUT2D eigenvalue weighted by atomic mass is 35.5. The summed E-state index contributed by atoms with van der Waals surface area (Å²) in [5.41, 5.74) is 0.985. The molecule has 1 N–H and O–H groups in total. The summed E-state index contributed by atoms with van der Waals surface area (Å²) >= 11 is 7.68. The van der Waals surface area contributed by atoms with Crippen LogP contribution >= 0.6 is 23.4 Å². The third-order valence-electron chi connectivity index (χ3n) is 6.47. The van der Waals surface area contributed by atoms with Gasteiger partial charge in [0.05, 0.1) is 7.11 Å². The molecule has 1 aliphatic rings. The van der Waals surface area contributed by atoms with Crippen molar-refractivity contribution in [1.82, 2.24) is 10.2 Å². The number of carbonyl (C=O) groups is 2. The summed E-state index contributed by atoms with van der Waals surface area (Å²) < 4.78 is 5.27. The number of ether oxygens (including phenoxy) is 1. The lowest BCUT2D eigenvalue weighted by Gasteiger charge is -2.33. The van der Waals surface area contributed by atoms with Crippen molar-refractivity contribution in [2.24, 2.45) is 0 Å². The van der Waals surface area contributed by atoms with Crippen LogP contribution < -0.4 is 10.1 Å². The van der Waals surface area contributed by atoms with Crippen LogP contribution in [0.5, 0.6) is 5.75 Å². The van der Waals surface area contributed by atoms with E-state index in [1.54, 1.807) is 23.8 Å². The van der Waals surface area contributed by atoms with Crippen molar-refractivity contribution in [3.05, 3.63) is 59.1 Å². The van der Waals surface area contributed by atoms with E-state index in [1.807, 2.05) is 55.5 Å². The van der Waals surface area contributed by atoms with Crippen molar-refractivity contribution in [3.8, 4) is 5.75 Å². The van der Waals surface area contributed by atoms with Gasteiger partial charge in [-0.25, -0.2) is 0 Å². The molecule has 190 valence electrons. The lowest BCUT2D eigenvalue weighted by atomic mass is 9.95. The van der Waals surface area contributed by atoms with E-state index in [9.17, 15) is 9.59 Å². The van der Waals surface area contributed by atoms with Crippen LogP contribution in [0, 0.1) is 0 Å². The van der Waals surface area contributed by atoms with Crippen LogP contribution in [0.2, 0.25) is 5.02 Å². The maximum Gasteiger partial charge on any atom is 0.243 e. The van der Waals surface area contributed by atoms with Gasteiger partial charge in [0.25, 0.3) is 0 Å². The zero-order valence-corrected chi connectivity index (χ0v) is 22.4. The van der Waals surface area contributed by atoms with Gasteiger partial charge in [-0.3, -0.25) is 9.59 Å². The number of nitrogens with one attached hydrogen (secondary N) is 1. The summed E-state index contributed by atoms with van der Waals surface area (Å²) in [6, 6.07) is 15.2.